The average molecular weight is 713 g/mol. The fourth-order valence-corrected chi connectivity index (χ4v) is 5.03. The number of hydrogen-bond donors (Lipinski definition) is 11. The highest BCUT2D eigenvalue weighted by molar-refractivity contribution is 5.96. The maximum atomic E-state index is 13.8. The van der Waals surface area contributed by atoms with E-state index in [0.717, 1.165) is 5.52 Å². The number of nitrogens with one attached hydrogen (secondary N) is 5. The number of phenolic OH excluding ortho intramolecular Hbond substituents is 1. The highest BCUT2D eigenvalue weighted by Crippen LogP contribution is 2.20. The Balaban J connectivity index is 1.90. The number of aromatic hydroxyl groups is 1. The number of aliphatic hydroxyl groups excluding tert-OH is 1. The minimum atomic E-state index is -1.73. The van der Waals surface area contributed by atoms with Crippen molar-refractivity contribution in [2.75, 3.05) is 6.61 Å². The number of H-pyrrole nitrogens is 1. The van der Waals surface area contributed by atoms with Gasteiger partial charge >= 0.3 is 17.9 Å². The van der Waals surface area contributed by atoms with E-state index in [1.165, 1.54) is 24.3 Å². The van der Waals surface area contributed by atoms with Crippen molar-refractivity contribution in [3.8, 4) is 5.75 Å². The Hall–Kier alpha value is -6.01. The number of para-hydroxylation sites is 1. The molecule has 5 atom stereocenters. The van der Waals surface area contributed by atoms with Crippen LogP contribution in [0.1, 0.15) is 36.8 Å². The summed E-state index contributed by atoms with van der Waals surface area (Å²) in [4.78, 5) is 90.6. The van der Waals surface area contributed by atoms with Crippen LogP contribution in [0.25, 0.3) is 10.9 Å². The molecule has 1 aromatic heterocycles. The number of rotatable bonds is 20. The van der Waals surface area contributed by atoms with Crippen LogP contribution >= 0.6 is 0 Å². The van der Waals surface area contributed by atoms with Crippen molar-refractivity contribution < 1.29 is 59.1 Å². The molecule has 12 N–H and O–H groups in total. The number of aromatic amines is 1. The summed E-state index contributed by atoms with van der Waals surface area (Å²) in [6.45, 7) is -0.970. The first kappa shape index (κ1) is 39.4. The van der Waals surface area contributed by atoms with Crippen LogP contribution in [0.5, 0.6) is 5.75 Å². The van der Waals surface area contributed by atoms with Crippen LogP contribution < -0.4 is 27.0 Å². The van der Waals surface area contributed by atoms with E-state index in [1.54, 1.807) is 30.5 Å². The number of aliphatic carboxylic acids is 3. The van der Waals surface area contributed by atoms with Crippen LogP contribution in [0.4, 0.5) is 0 Å². The molecule has 1 heterocycles. The number of amides is 4. The zero-order valence-corrected chi connectivity index (χ0v) is 27.2. The van der Waals surface area contributed by atoms with Gasteiger partial charge in [-0.05, 0) is 42.2 Å². The van der Waals surface area contributed by atoms with Crippen LogP contribution in [0.2, 0.25) is 0 Å². The SMILES string of the molecule is NC(CCC(=O)O)C(=O)NC(Cc1c[nH]c2ccccc12)C(=O)NC(CCC(=O)O)C(=O)NC(Cc1ccc(O)cc1)C(=O)NC(CO)C(=O)O. The fraction of sp³-hybridized carbons (Fsp3) is 0.364. The first-order valence-corrected chi connectivity index (χ1v) is 15.8. The summed E-state index contributed by atoms with van der Waals surface area (Å²) in [6, 6.07) is 5.04. The van der Waals surface area contributed by atoms with E-state index in [4.69, 9.17) is 10.8 Å². The molecule has 0 spiro atoms. The van der Waals surface area contributed by atoms with Gasteiger partial charge in [-0.1, -0.05) is 30.3 Å². The zero-order chi connectivity index (χ0) is 37.7. The van der Waals surface area contributed by atoms with Crippen molar-refractivity contribution in [2.24, 2.45) is 5.73 Å². The van der Waals surface area contributed by atoms with Crippen molar-refractivity contribution in [3.63, 3.8) is 0 Å². The Kier molecular flexibility index (Phi) is 14.4. The third-order valence-corrected chi connectivity index (χ3v) is 7.82. The summed E-state index contributed by atoms with van der Waals surface area (Å²) in [7, 11) is 0. The van der Waals surface area contributed by atoms with Crippen molar-refractivity contribution in [1.29, 1.82) is 0 Å². The lowest BCUT2D eigenvalue weighted by Gasteiger charge is -2.26. The van der Waals surface area contributed by atoms with Gasteiger partial charge in [0.1, 0.15) is 29.9 Å². The van der Waals surface area contributed by atoms with E-state index in [0.29, 0.717) is 16.5 Å². The molecular weight excluding hydrogens is 672 g/mol. The van der Waals surface area contributed by atoms with Crippen molar-refractivity contribution >= 4 is 52.4 Å². The lowest BCUT2D eigenvalue weighted by atomic mass is 10.0. The quantitative estimate of drug-likeness (QED) is 0.0652. The van der Waals surface area contributed by atoms with E-state index in [2.05, 4.69) is 26.3 Å². The molecule has 0 saturated heterocycles. The molecule has 18 nitrogen and oxygen atoms in total. The van der Waals surface area contributed by atoms with Gasteiger partial charge in [-0.25, -0.2) is 4.79 Å². The second-order valence-electron chi connectivity index (χ2n) is 11.7. The van der Waals surface area contributed by atoms with Crippen molar-refractivity contribution in [1.82, 2.24) is 26.3 Å². The van der Waals surface area contributed by atoms with Crippen molar-refractivity contribution in [3.05, 3.63) is 65.9 Å². The Labute approximate surface area is 290 Å². The third kappa shape index (κ3) is 12.1. The topological polar surface area (TPSA) is 311 Å². The van der Waals surface area contributed by atoms with Gasteiger partial charge in [0, 0.05) is 42.8 Å². The molecule has 3 aromatic rings. The summed E-state index contributed by atoms with van der Waals surface area (Å²) in [5, 5.41) is 56.9. The maximum Gasteiger partial charge on any atom is 0.328 e. The van der Waals surface area contributed by atoms with E-state index in [1.807, 2.05) is 0 Å². The summed E-state index contributed by atoms with van der Waals surface area (Å²) < 4.78 is 0. The maximum absolute atomic E-state index is 13.8. The minimum Gasteiger partial charge on any atom is -0.508 e. The predicted molar refractivity (Wildman–Crippen MR) is 178 cm³/mol. The number of benzene rings is 2. The standard InChI is InChI=1S/C33H40N6O12/c34-21(9-11-27(42)43)29(46)37-25(14-18-15-35-22-4-2-1-3-20(18)22)32(49)36-23(10-12-28(44)45)30(47)38-24(13-17-5-7-19(41)8-6-17)31(48)39-26(16-40)33(50)51/h1-8,15,21,23-26,35,40-41H,9-14,16,34H2,(H,36,49)(H,37,46)(H,38,47)(H,39,48)(H,42,43)(H,44,45)(H,50,51). The van der Waals surface area contributed by atoms with E-state index < -0.39 is 97.6 Å². The molecular formula is C33H40N6O12. The van der Waals surface area contributed by atoms with E-state index in [9.17, 15) is 54.0 Å². The Bertz CT molecular complexity index is 1730. The number of carboxylic acids is 3. The van der Waals surface area contributed by atoms with Gasteiger partial charge in [0.25, 0.3) is 0 Å². The molecule has 0 saturated carbocycles. The van der Waals surface area contributed by atoms with Gasteiger partial charge in [0.15, 0.2) is 0 Å². The molecule has 0 fully saturated rings. The van der Waals surface area contributed by atoms with Gasteiger partial charge in [0.2, 0.25) is 23.6 Å². The number of carboxylic acid groups (broad SMARTS) is 3. The average Bonchev–Trinajstić information content (AvgIpc) is 3.50. The molecule has 51 heavy (non-hydrogen) atoms. The molecule has 274 valence electrons. The molecule has 4 amide bonds. The van der Waals surface area contributed by atoms with Crippen LogP contribution in [0.3, 0.4) is 0 Å². The molecule has 18 heteroatoms. The Morgan fingerprint density at radius 1 is 0.667 bits per heavy atom. The normalized spacial score (nSPS) is 13.9. The van der Waals surface area contributed by atoms with Gasteiger partial charge in [-0.3, -0.25) is 28.8 Å². The summed E-state index contributed by atoms with van der Waals surface area (Å²) in [6.07, 6.45) is -0.517. The minimum absolute atomic E-state index is 0.0939. The lowest BCUT2D eigenvalue weighted by molar-refractivity contribution is -0.143. The van der Waals surface area contributed by atoms with Crippen LogP contribution in [0, 0.1) is 0 Å². The first-order valence-electron chi connectivity index (χ1n) is 15.8. The highest BCUT2D eigenvalue weighted by Gasteiger charge is 2.32. The monoisotopic (exact) mass is 712 g/mol. The number of fused-ring (bicyclic) bond motifs is 1. The number of carbonyl (C=O) groups excluding carboxylic acids is 4. The second-order valence-corrected chi connectivity index (χ2v) is 11.7. The Morgan fingerprint density at radius 2 is 1.20 bits per heavy atom. The third-order valence-electron chi connectivity index (χ3n) is 7.82. The van der Waals surface area contributed by atoms with Gasteiger partial charge in [0.05, 0.1) is 12.6 Å². The van der Waals surface area contributed by atoms with Crippen LogP contribution in [0.15, 0.2) is 54.7 Å². The molecule has 0 bridgehead atoms. The number of hydrogen-bond acceptors (Lipinski definition) is 10. The van der Waals surface area contributed by atoms with Crippen molar-refractivity contribution in [2.45, 2.75) is 68.7 Å². The first-order chi connectivity index (χ1) is 24.2. The summed E-state index contributed by atoms with van der Waals surface area (Å²) in [5.74, 6) is -8.01. The van der Waals surface area contributed by atoms with Gasteiger partial charge < -0.3 is 57.5 Å². The van der Waals surface area contributed by atoms with E-state index in [-0.39, 0.29) is 25.0 Å². The molecule has 5 unspecified atom stereocenters. The predicted octanol–water partition coefficient (Wildman–Crippen LogP) is -1.27. The number of carbonyl (C=O) groups is 7. The van der Waals surface area contributed by atoms with Crippen LogP contribution in [-0.2, 0) is 46.4 Å². The van der Waals surface area contributed by atoms with Gasteiger partial charge in [-0.2, -0.15) is 0 Å². The number of aromatic nitrogens is 1. The van der Waals surface area contributed by atoms with Crippen LogP contribution in [-0.4, -0.2) is 109 Å². The molecule has 0 aliphatic carbocycles. The highest BCUT2D eigenvalue weighted by atomic mass is 16.4. The number of nitrogens with two attached hydrogens (primary N) is 1. The zero-order valence-electron chi connectivity index (χ0n) is 27.2. The molecule has 0 aliphatic rings. The molecule has 2 aromatic carbocycles. The number of phenols is 1. The lowest BCUT2D eigenvalue weighted by Crippen LogP contribution is -2.59. The molecule has 0 radical (unpaired) electrons. The molecule has 0 aliphatic heterocycles. The summed E-state index contributed by atoms with van der Waals surface area (Å²) >= 11 is 0. The molecule has 3 rings (SSSR count). The number of aliphatic hydroxyl groups is 1. The fourth-order valence-electron chi connectivity index (χ4n) is 5.03. The largest absolute Gasteiger partial charge is 0.508 e. The Morgan fingerprint density at radius 3 is 1.80 bits per heavy atom. The smallest absolute Gasteiger partial charge is 0.328 e. The van der Waals surface area contributed by atoms with Gasteiger partial charge in [-0.15, -0.1) is 0 Å². The second kappa shape index (κ2) is 18.7. The van der Waals surface area contributed by atoms with E-state index >= 15 is 0 Å². The summed E-state index contributed by atoms with van der Waals surface area (Å²) in [5.41, 5.74) is 7.60.